The highest BCUT2D eigenvalue weighted by Crippen LogP contribution is 2.51. The van der Waals surface area contributed by atoms with Crippen LogP contribution in [0, 0.1) is 11.3 Å². The quantitative estimate of drug-likeness (QED) is 0.854. The van der Waals surface area contributed by atoms with Crippen LogP contribution < -0.4 is 0 Å². The van der Waals surface area contributed by atoms with Crippen molar-refractivity contribution in [2.45, 2.75) is 78.9 Å². The first-order valence-electron chi connectivity index (χ1n) is 8.10. The largest absolute Gasteiger partial charge is 0.479 e. The molecule has 1 N–H and O–H groups in total. The second kappa shape index (κ2) is 6.09. The lowest BCUT2D eigenvalue weighted by atomic mass is 9.84. The number of carboxylic acids is 1. The van der Waals surface area contributed by atoms with E-state index in [4.69, 9.17) is 4.74 Å². The minimum Gasteiger partial charge on any atom is -0.479 e. The molecule has 1 fully saturated rings. The van der Waals surface area contributed by atoms with Crippen LogP contribution in [0.5, 0.6) is 0 Å². The van der Waals surface area contributed by atoms with E-state index < -0.39 is 23.2 Å². The van der Waals surface area contributed by atoms with E-state index in [1.807, 2.05) is 13.8 Å². The predicted molar refractivity (Wildman–Crippen MR) is 85.8 cm³/mol. The third kappa shape index (κ3) is 3.73. The van der Waals surface area contributed by atoms with Crippen molar-refractivity contribution >= 4 is 12.1 Å². The Morgan fingerprint density at radius 1 is 1.32 bits per heavy atom. The monoisotopic (exact) mass is 313 g/mol. The summed E-state index contributed by atoms with van der Waals surface area (Å²) in [5, 5.41) is 9.96. The Bertz CT molecular complexity index is 438. The SMILES string of the molecule is CCCN(C(=O)OC(C)(C)C)C1(C(=O)O)CC(C)(C)CC1C. The number of amides is 1. The fourth-order valence-electron chi connectivity index (χ4n) is 3.73. The van der Waals surface area contributed by atoms with Gasteiger partial charge in [-0.05, 0) is 51.4 Å². The van der Waals surface area contributed by atoms with Crippen LogP contribution in [0.1, 0.15) is 67.7 Å². The summed E-state index contributed by atoms with van der Waals surface area (Å²) in [4.78, 5) is 26.3. The number of nitrogens with zero attached hydrogens (tertiary/aromatic N) is 1. The molecule has 22 heavy (non-hydrogen) atoms. The van der Waals surface area contributed by atoms with Crippen LogP contribution in [0.2, 0.25) is 0 Å². The Balaban J connectivity index is 3.24. The van der Waals surface area contributed by atoms with Gasteiger partial charge in [0, 0.05) is 6.54 Å². The van der Waals surface area contributed by atoms with Gasteiger partial charge < -0.3 is 9.84 Å². The summed E-state index contributed by atoms with van der Waals surface area (Å²) in [7, 11) is 0. The van der Waals surface area contributed by atoms with Crippen LogP contribution in [0.4, 0.5) is 4.79 Å². The fraction of sp³-hybridized carbons (Fsp3) is 0.882. The van der Waals surface area contributed by atoms with Gasteiger partial charge in [0.05, 0.1) is 0 Å². The molecule has 0 saturated heterocycles. The van der Waals surface area contributed by atoms with Crippen molar-refractivity contribution in [3.8, 4) is 0 Å². The van der Waals surface area contributed by atoms with Crippen LogP contribution in [0.15, 0.2) is 0 Å². The van der Waals surface area contributed by atoms with Gasteiger partial charge in [-0.15, -0.1) is 0 Å². The third-order valence-corrected chi connectivity index (χ3v) is 4.34. The fourth-order valence-corrected chi connectivity index (χ4v) is 3.73. The van der Waals surface area contributed by atoms with Gasteiger partial charge in [0.2, 0.25) is 0 Å². The Kier molecular flexibility index (Phi) is 5.20. The molecule has 0 heterocycles. The van der Waals surface area contributed by atoms with E-state index in [-0.39, 0.29) is 11.3 Å². The van der Waals surface area contributed by atoms with Gasteiger partial charge in [-0.1, -0.05) is 27.7 Å². The van der Waals surface area contributed by atoms with Crippen molar-refractivity contribution in [1.29, 1.82) is 0 Å². The van der Waals surface area contributed by atoms with E-state index in [1.165, 1.54) is 4.90 Å². The van der Waals surface area contributed by atoms with E-state index in [9.17, 15) is 14.7 Å². The van der Waals surface area contributed by atoms with E-state index in [1.54, 1.807) is 20.8 Å². The zero-order valence-electron chi connectivity index (χ0n) is 15.0. The van der Waals surface area contributed by atoms with E-state index in [2.05, 4.69) is 13.8 Å². The summed E-state index contributed by atoms with van der Waals surface area (Å²) in [6.45, 7) is 13.8. The average molecular weight is 313 g/mol. The van der Waals surface area contributed by atoms with Crippen LogP contribution in [0.3, 0.4) is 0 Å². The molecule has 1 amide bonds. The molecule has 1 aliphatic rings. The first-order valence-corrected chi connectivity index (χ1v) is 8.10. The Hall–Kier alpha value is -1.26. The highest BCUT2D eigenvalue weighted by Gasteiger charge is 2.59. The molecule has 1 rings (SSSR count). The zero-order chi connectivity index (χ0) is 17.3. The summed E-state index contributed by atoms with van der Waals surface area (Å²) < 4.78 is 5.48. The Labute approximate surface area is 134 Å². The van der Waals surface area contributed by atoms with Crippen LogP contribution in [0.25, 0.3) is 0 Å². The first-order chi connectivity index (χ1) is 9.85. The lowest BCUT2D eigenvalue weighted by Gasteiger charge is -2.41. The molecule has 0 aromatic heterocycles. The summed E-state index contributed by atoms with van der Waals surface area (Å²) in [5.41, 5.74) is -1.92. The van der Waals surface area contributed by atoms with Gasteiger partial charge in [0.1, 0.15) is 11.1 Å². The normalized spacial score (nSPS) is 27.5. The lowest BCUT2D eigenvalue weighted by Crippen LogP contribution is -2.60. The van der Waals surface area contributed by atoms with E-state index in [0.29, 0.717) is 19.4 Å². The molecule has 0 radical (unpaired) electrons. The van der Waals surface area contributed by atoms with Gasteiger partial charge >= 0.3 is 12.1 Å². The van der Waals surface area contributed by atoms with Gasteiger partial charge in [-0.25, -0.2) is 9.59 Å². The number of ether oxygens (including phenoxy) is 1. The van der Waals surface area contributed by atoms with Crippen molar-refractivity contribution < 1.29 is 19.4 Å². The van der Waals surface area contributed by atoms with Crippen LogP contribution in [-0.4, -0.2) is 39.8 Å². The van der Waals surface area contributed by atoms with Crippen LogP contribution >= 0.6 is 0 Å². The summed E-state index contributed by atoms with van der Waals surface area (Å²) >= 11 is 0. The van der Waals surface area contributed by atoms with E-state index >= 15 is 0 Å². The second-order valence-corrected chi connectivity index (χ2v) is 8.31. The molecule has 1 saturated carbocycles. The molecule has 5 heteroatoms. The number of carbonyl (C=O) groups is 2. The smallest absolute Gasteiger partial charge is 0.411 e. The molecule has 2 unspecified atom stereocenters. The second-order valence-electron chi connectivity index (χ2n) is 8.31. The molecule has 0 spiro atoms. The molecule has 5 nitrogen and oxygen atoms in total. The summed E-state index contributed by atoms with van der Waals surface area (Å²) in [6.07, 6.45) is 1.40. The maximum absolute atomic E-state index is 12.6. The highest BCUT2D eigenvalue weighted by atomic mass is 16.6. The predicted octanol–water partition coefficient (Wildman–Crippen LogP) is 3.91. The van der Waals surface area contributed by atoms with Crippen molar-refractivity contribution in [1.82, 2.24) is 4.90 Å². The van der Waals surface area contributed by atoms with Crippen molar-refractivity contribution in [3.05, 3.63) is 0 Å². The molecule has 128 valence electrons. The summed E-state index contributed by atoms with van der Waals surface area (Å²) in [5.74, 6) is -1.04. The van der Waals surface area contributed by atoms with Gasteiger partial charge in [-0.2, -0.15) is 0 Å². The number of hydrogen-bond acceptors (Lipinski definition) is 3. The van der Waals surface area contributed by atoms with Crippen molar-refractivity contribution in [2.24, 2.45) is 11.3 Å². The van der Waals surface area contributed by atoms with Gasteiger partial charge in [0.15, 0.2) is 0 Å². The van der Waals surface area contributed by atoms with Crippen molar-refractivity contribution in [3.63, 3.8) is 0 Å². The van der Waals surface area contributed by atoms with Crippen LogP contribution in [-0.2, 0) is 9.53 Å². The molecular formula is C17H31NO4. The standard InChI is InChI=1S/C17H31NO4/c1-8-9-18(14(21)22-15(3,4)5)17(13(19)20)11-16(6,7)10-12(17)2/h12H,8-11H2,1-7H3,(H,19,20). The molecule has 0 aromatic carbocycles. The maximum Gasteiger partial charge on any atom is 0.411 e. The highest BCUT2D eigenvalue weighted by molar-refractivity contribution is 5.85. The Morgan fingerprint density at radius 2 is 1.86 bits per heavy atom. The Morgan fingerprint density at radius 3 is 2.18 bits per heavy atom. The molecular weight excluding hydrogens is 282 g/mol. The number of aliphatic carboxylic acids is 1. The number of rotatable bonds is 4. The average Bonchev–Trinajstić information content (AvgIpc) is 2.54. The first kappa shape index (κ1) is 18.8. The minimum absolute atomic E-state index is 0.105. The van der Waals surface area contributed by atoms with E-state index in [0.717, 1.165) is 6.42 Å². The number of carboxylic acid groups (broad SMARTS) is 1. The third-order valence-electron chi connectivity index (χ3n) is 4.34. The van der Waals surface area contributed by atoms with Gasteiger partial charge in [0.25, 0.3) is 0 Å². The molecule has 0 aliphatic heterocycles. The minimum atomic E-state index is -1.18. The van der Waals surface area contributed by atoms with Crippen molar-refractivity contribution in [2.75, 3.05) is 6.54 Å². The van der Waals surface area contributed by atoms with Gasteiger partial charge in [-0.3, -0.25) is 4.90 Å². The molecule has 0 aromatic rings. The number of hydrogen-bond donors (Lipinski definition) is 1. The summed E-state index contributed by atoms with van der Waals surface area (Å²) in [6, 6.07) is 0. The zero-order valence-corrected chi connectivity index (χ0v) is 15.0. The maximum atomic E-state index is 12.6. The number of carbonyl (C=O) groups excluding carboxylic acids is 1. The molecule has 0 bridgehead atoms. The lowest BCUT2D eigenvalue weighted by molar-refractivity contribution is -0.154. The molecule has 1 aliphatic carbocycles. The topological polar surface area (TPSA) is 66.8 Å². The molecule has 2 atom stereocenters.